The highest BCUT2D eigenvalue weighted by Crippen LogP contribution is 2.10. The topological polar surface area (TPSA) is 82.2 Å². The van der Waals surface area contributed by atoms with Crippen LogP contribution in [-0.4, -0.2) is 36.5 Å². The zero-order valence-corrected chi connectivity index (χ0v) is 9.39. The molecule has 0 radical (unpaired) electrons. The first kappa shape index (κ1) is 11.6. The molecule has 5 nitrogen and oxygen atoms in total. The SMILES string of the molecule is N#Cc1ccc(NC(=O)CN2CC(N)C2)cc1. The maximum atomic E-state index is 11.6. The van der Waals surface area contributed by atoms with E-state index >= 15 is 0 Å². The van der Waals surface area contributed by atoms with Gasteiger partial charge in [0.1, 0.15) is 0 Å². The maximum Gasteiger partial charge on any atom is 0.238 e. The number of likely N-dealkylation sites (tertiary alicyclic amines) is 1. The molecule has 1 heterocycles. The Morgan fingerprint density at radius 1 is 1.47 bits per heavy atom. The zero-order chi connectivity index (χ0) is 12.3. The van der Waals surface area contributed by atoms with E-state index in [2.05, 4.69) is 5.32 Å². The molecule has 1 aromatic rings. The van der Waals surface area contributed by atoms with Gasteiger partial charge in [-0.2, -0.15) is 5.26 Å². The van der Waals surface area contributed by atoms with Crippen LogP contribution in [0.4, 0.5) is 5.69 Å². The molecule has 3 N–H and O–H groups in total. The highest BCUT2D eigenvalue weighted by Gasteiger charge is 2.24. The van der Waals surface area contributed by atoms with E-state index in [1.807, 2.05) is 11.0 Å². The molecule has 2 rings (SSSR count). The van der Waals surface area contributed by atoms with Crippen molar-refractivity contribution in [1.82, 2.24) is 4.90 Å². The third-order valence-corrected chi connectivity index (χ3v) is 2.65. The summed E-state index contributed by atoms with van der Waals surface area (Å²) in [4.78, 5) is 13.6. The number of hydrogen-bond acceptors (Lipinski definition) is 4. The van der Waals surface area contributed by atoms with E-state index in [0.29, 0.717) is 17.8 Å². The first-order chi connectivity index (χ1) is 8.17. The fourth-order valence-corrected chi connectivity index (χ4v) is 1.77. The summed E-state index contributed by atoms with van der Waals surface area (Å²) in [5.74, 6) is -0.0541. The van der Waals surface area contributed by atoms with Gasteiger partial charge in [-0.3, -0.25) is 9.69 Å². The molecule has 0 aliphatic carbocycles. The van der Waals surface area contributed by atoms with E-state index in [0.717, 1.165) is 13.1 Å². The molecule has 5 heteroatoms. The molecule has 0 saturated carbocycles. The first-order valence-electron chi connectivity index (χ1n) is 5.45. The monoisotopic (exact) mass is 230 g/mol. The predicted octanol–water partition coefficient (Wildman–Crippen LogP) is 0.140. The Morgan fingerprint density at radius 2 is 2.12 bits per heavy atom. The van der Waals surface area contributed by atoms with Crippen molar-refractivity contribution in [1.29, 1.82) is 5.26 Å². The number of rotatable bonds is 3. The number of benzene rings is 1. The molecule has 1 saturated heterocycles. The Labute approximate surface area is 99.8 Å². The minimum absolute atomic E-state index is 0.0541. The van der Waals surface area contributed by atoms with Crippen LogP contribution in [-0.2, 0) is 4.79 Å². The second-order valence-electron chi connectivity index (χ2n) is 4.19. The van der Waals surface area contributed by atoms with E-state index in [1.165, 1.54) is 0 Å². The molecule has 0 unspecified atom stereocenters. The van der Waals surface area contributed by atoms with Gasteiger partial charge in [0.25, 0.3) is 0 Å². The zero-order valence-electron chi connectivity index (χ0n) is 9.39. The number of anilines is 1. The summed E-state index contributed by atoms with van der Waals surface area (Å²) in [6.45, 7) is 1.93. The van der Waals surface area contributed by atoms with Gasteiger partial charge in [-0.05, 0) is 24.3 Å². The van der Waals surface area contributed by atoms with Crippen molar-refractivity contribution in [2.75, 3.05) is 25.0 Å². The Balaban J connectivity index is 1.83. The lowest BCUT2D eigenvalue weighted by molar-refractivity contribution is -0.118. The van der Waals surface area contributed by atoms with Crippen LogP contribution in [0.5, 0.6) is 0 Å². The lowest BCUT2D eigenvalue weighted by Gasteiger charge is -2.36. The highest BCUT2D eigenvalue weighted by atomic mass is 16.2. The van der Waals surface area contributed by atoms with Crippen molar-refractivity contribution in [2.45, 2.75) is 6.04 Å². The van der Waals surface area contributed by atoms with Gasteiger partial charge in [0.2, 0.25) is 5.91 Å². The Hall–Kier alpha value is -1.90. The maximum absolute atomic E-state index is 11.6. The lowest BCUT2D eigenvalue weighted by Crippen LogP contribution is -2.57. The van der Waals surface area contributed by atoms with Crippen molar-refractivity contribution < 1.29 is 4.79 Å². The van der Waals surface area contributed by atoms with Crippen LogP contribution in [0.3, 0.4) is 0 Å². The second-order valence-corrected chi connectivity index (χ2v) is 4.19. The van der Waals surface area contributed by atoms with E-state index in [4.69, 9.17) is 11.0 Å². The number of nitrogens with one attached hydrogen (secondary N) is 1. The van der Waals surface area contributed by atoms with Crippen LogP contribution in [0.2, 0.25) is 0 Å². The minimum Gasteiger partial charge on any atom is -0.325 e. The molecule has 0 aromatic heterocycles. The van der Waals surface area contributed by atoms with Gasteiger partial charge in [0.15, 0.2) is 0 Å². The molecule has 0 spiro atoms. The molecule has 0 atom stereocenters. The van der Waals surface area contributed by atoms with Crippen molar-refractivity contribution >= 4 is 11.6 Å². The van der Waals surface area contributed by atoms with Gasteiger partial charge in [-0.1, -0.05) is 0 Å². The fourth-order valence-electron chi connectivity index (χ4n) is 1.77. The van der Waals surface area contributed by atoms with Crippen LogP contribution in [0.1, 0.15) is 5.56 Å². The molecular weight excluding hydrogens is 216 g/mol. The average molecular weight is 230 g/mol. The number of nitrogens with zero attached hydrogens (tertiary/aromatic N) is 2. The molecule has 1 aliphatic heterocycles. The number of amides is 1. The van der Waals surface area contributed by atoms with Gasteiger partial charge >= 0.3 is 0 Å². The Morgan fingerprint density at radius 3 is 2.65 bits per heavy atom. The van der Waals surface area contributed by atoms with Crippen LogP contribution in [0.25, 0.3) is 0 Å². The van der Waals surface area contributed by atoms with Gasteiger partial charge in [-0.25, -0.2) is 0 Å². The van der Waals surface area contributed by atoms with Crippen LogP contribution in [0, 0.1) is 11.3 Å². The molecule has 1 aliphatic rings. The standard InChI is InChI=1S/C12H14N4O/c13-5-9-1-3-11(4-2-9)15-12(17)8-16-6-10(14)7-16/h1-4,10H,6-8,14H2,(H,15,17). The molecule has 17 heavy (non-hydrogen) atoms. The van der Waals surface area contributed by atoms with Gasteiger partial charge in [0.05, 0.1) is 18.2 Å². The highest BCUT2D eigenvalue weighted by molar-refractivity contribution is 5.92. The molecular formula is C12H14N4O. The van der Waals surface area contributed by atoms with Crippen molar-refractivity contribution in [3.8, 4) is 6.07 Å². The fraction of sp³-hybridized carbons (Fsp3) is 0.333. The first-order valence-corrected chi connectivity index (χ1v) is 5.45. The van der Waals surface area contributed by atoms with E-state index in [-0.39, 0.29) is 11.9 Å². The van der Waals surface area contributed by atoms with E-state index in [9.17, 15) is 4.79 Å². The van der Waals surface area contributed by atoms with Gasteiger partial charge in [0, 0.05) is 24.8 Å². The summed E-state index contributed by atoms with van der Waals surface area (Å²) >= 11 is 0. The normalized spacial score (nSPS) is 16.0. The summed E-state index contributed by atoms with van der Waals surface area (Å²) in [6, 6.07) is 9.03. The Bertz CT molecular complexity index is 443. The third-order valence-electron chi connectivity index (χ3n) is 2.65. The summed E-state index contributed by atoms with van der Waals surface area (Å²) in [5.41, 5.74) is 6.91. The molecule has 1 aromatic carbocycles. The average Bonchev–Trinajstić information content (AvgIpc) is 2.28. The van der Waals surface area contributed by atoms with Crippen molar-refractivity contribution in [3.63, 3.8) is 0 Å². The number of carbonyl (C=O) groups excluding carboxylic acids is 1. The predicted molar refractivity (Wildman–Crippen MR) is 64.2 cm³/mol. The summed E-state index contributed by atoms with van der Waals surface area (Å²) in [5, 5.41) is 11.4. The van der Waals surface area contributed by atoms with E-state index < -0.39 is 0 Å². The second kappa shape index (κ2) is 4.95. The summed E-state index contributed by atoms with van der Waals surface area (Å²) in [6.07, 6.45) is 0. The van der Waals surface area contributed by atoms with E-state index in [1.54, 1.807) is 24.3 Å². The van der Waals surface area contributed by atoms with Crippen LogP contribution >= 0.6 is 0 Å². The van der Waals surface area contributed by atoms with Gasteiger partial charge in [-0.15, -0.1) is 0 Å². The Kier molecular flexibility index (Phi) is 3.38. The van der Waals surface area contributed by atoms with Crippen molar-refractivity contribution in [2.24, 2.45) is 5.73 Å². The summed E-state index contributed by atoms with van der Waals surface area (Å²) < 4.78 is 0. The minimum atomic E-state index is -0.0541. The number of carbonyl (C=O) groups is 1. The van der Waals surface area contributed by atoms with Crippen molar-refractivity contribution in [3.05, 3.63) is 29.8 Å². The number of hydrogen-bond donors (Lipinski definition) is 2. The van der Waals surface area contributed by atoms with Gasteiger partial charge < -0.3 is 11.1 Å². The molecule has 88 valence electrons. The quantitative estimate of drug-likeness (QED) is 0.773. The van der Waals surface area contributed by atoms with Crippen LogP contribution < -0.4 is 11.1 Å². The third kappa shape index (κ3) is 3.03. The number of nitrogens with two attached hydrogens (primary N) is 1. The largest absolute Gasteiger partial charge is 0.325 e. The number of nitriles is 1. The smallest absolute Gasteiger partial charge is 0.238 e. The molecule has 0 bridgehead atoms. The molecule has 1 fully saturated rings. The summed E-state index contributed by atoms with van der Waals surface area (Å²) in [7, 11) is 0. The lowest BCUT2D eigenvalue weighted by atomic mass is 10.1. The molecule has 1 amide bonds. The van der Waals surface area contributed by atoms with Crippen LogP contribution in [0.15, 0.2) is 24.3 Å².